The van der Waals surface area contributed by atoms with Gasteiger partial charge in [0.15, 0.2) is 5.69 Å². The fourth-order valence-electron chi connectivity index (χ4n) is 3.10. The van der Waals surface area contributed by atoms with Crippen molar-refractivity contribution < 1.29 is 14.7 Å². The molecule has 2 aromatic rings. The zero-order valence-corrected chi connectivity index (χ0v) is 17.3. The van der Waals surface area contributed by atoms with E-state index in [9.17, 15) is 5.11 Å². The lowest BCUT2D eigenvalue weighted by Crippen LogP contribution is -3.11. The first-order valence-electron chi connectivity index (χ1n) is 9.36. The fraction of sp³-hybridized carbons (Fsp3) is 0.526. The second kappa shape index (κ2) is 10.3. The third-order valence-electron chi connectivity index (χ3n) is 4.63. The van der Waals surface area contributed by atoms with E-state index < -0.39 is 0 Å². The standard InChI is InChI=1S/C19H29N5O2S/c1-5-23(6-2)11-12-24-16-10-8-7-9-15(16)17(18(24)25)21-22-19(27)20-14(3)13-26-4/h7-10,14,25H,5-6,11-13H2,1-4H3,(H,20,27)/p+1/t14-/m0/s1. The molecule has 0 fully saturated rings. The van der Waals surface area contributed by atoms with Crippen LogP contribution < -0.4 is 10.2 Å². The number of nitrogens with zero attached hydrogens (tertiary/aromatic N) is 3. The lowest BCUT2D eigenvalue weighted by molar-refractivity contribution is -0.897. The number of quaternary nitrogens is 1. The number of hydrogen-bond donors (Lipinski definition) is 3. The number of fused-ring (bicyclic) bond motifs is 1. The maximum Gasteiger partial charge on any atom is 0.220 e. The van der Waals surface area contributed by atoms with Crippen molar-refractivity contribution in [1.82, 2.24) is 9.88 Å². The minimum atomic E-state index is 0.0356. The number of ether oxygens (including phenoxy) is 1. The molecule has 1 heterocycles. The van der Waals surface area contributed by atoms with Crippen LogP contribution in [0.2, 0.25) is 0 Å². The monoisotopic (exact) mass is 392 g/mol. The number of aromatic nitrogens is 1. The maximum atomic E-state index is 10.8. The van der Waals surface area contributed by atoms with Gasteiger partial charge in [0.25, 0.3) is 0 Å². The Balaban J connectivity index is 2.25. The maximum absolute atomic E-state index is 10.8. The number of likely N-dealkylation sites (N-methyl/N-ethyl adjacent to an activating group) is 1. The van der Waals surface area contributed by atoms with Gasteiger partial charge in [0, 0.05) is 18.5 Å². The van der Waals surface area contributed by atoms with E-state index in [4.69, 9.17) is 17.0 Å². The van der Waals surface area contributed by atoms with E-state index in [1.807, 2.05) is 35.8 Å². The Morgan fingerprint density at radius 1 is 1.33 bits per heavy atom. The van der Waals surface area contributed by atoms with Crippen molar-refractivity contribution in [2.24, 2.45) is 10.2 Å². The summed E-state index contributed by atoms with van der Waals surface area (Å²) < 4.78 is 6.97. The molecule has 0 aliphatic carbocycles. The van der Waals surface area contributed by atoms with Crippen molar-refractivity contribution in [2.45, 2.75) is 33.4 Å². The van der Waals surface area contributed by atoms with Crippen molar-refractivity contribution in [3.05, 3.63) is 24.3 Å². The van der Waals surface area contributed by atoms with Crippen LogP contribution in [-0.4, -0.2) is 54.2 Å². The van der Waals surface area contributed by atoms with E-state index in [0.29, 0.717) is 18.8 Å². The number of hydrogen-bond acceptors (Lipinski definition) is 4. The van der Waals surface area contributed by atoms with Crippen LogP contribution in [0.25, 0.3) is 10.9 Å². The molecule has 0 spiro atoms. The molecule has 0 aliphatic heterocycles. The Morgan fingerprint density at radius 3 is 2.70 bits per heavy atom. The molecular weight excluding hydrogens is 362 g/mol. The highest BCUT2D eigenvalue weighted by Gasteiger charge is 2.17. The van der Waals surface area contributed by atoms with Crippen LogP contribution in [0.5, 0.6) is 5.88 Å². The van der Waals surface area contributed by atoms with Gasteiger partial charge in [-0.1, -0.05) is 18.2 Å². The van der Waals surface area contributed by atoms with Crippen molar-refractivity contribution in [3.8, 4) is 5.88 Å². The molecule has 7 nitrogen and oxygen atoms in total. The number of aromatic hydroxyl groups is 1. The van der Waals surface area contributed by atoms with Crippen LogP contribution >= 0.6 is 12.2 Å². The number of para-hydroxylation sites is 1. The van der Waals surface area contributed by atoms with Gasteiger partial charge in [0.1, 0.15) is 0 Å². The van der Waals surface area contributed by atoms with E-state index >= 15 is 0 Å². The second-order valence-electron chi connectivity index (χ2n) is 6.55. The predicted octanol–water partition coefficient (Wildman–Crippen LogP) is 2.26. The number of methoxy groups -OCH3 is 1. The summed E-state index contributed by atoms with van der Waals surface area (Å²) in [6.45, 7) is 10.6. The van der Waals surface area contributed by atoms with E-state index in [2.05, 4.69) is 29.4 Å². The number of rotatable bonds is 9. The summed E-state index contributed by atoms with van der Waals surface area (Å²) in [5.41, 5.74) is 1.39. The highest BCUT2D eigenvalue weighted by Crippen LogP contribution is 2.38. The molecule has 0 amide bonds. The largest absolute Gasteiger partial charge is 0.493 e. The normalized spacial score (nSPS) is 12.9. The van der Waals surface area contributed by atoms with Gasteiger partial charge < -0.3 is 24.6 Å². The molecule has 0 saturated carbocycles. The quantitative estimate of drug-likeness (QED) is 0.452. The van der Waals surface area contributed by atoms with Gasteiger partial charge in [-0.05, 0) is 39.1 Å². The molecule has 0 bridgehead atoms. The highest BCUT2D eigenvalue weighted by molar-refractivity contribution is 7.80. The third-order valence-corrected chi connectivity index (χ3v) is 4.83. The topological polar surface area (TPSA) is 75.6 Å². The van der Waals surface area contributed by atoms with E-state index in [-0.39, 0.29) is 17.0 Å². The van der Waals surface area contributed by atoms with E-state index in [1.54, 1.807) is 7.11 Å². The fourth-order valence-corrected chi connectivity index (χ4v) is 3.34. The Morgan fingerprint density at radius 2 is 2.04 bits per heavy atom. The first-order chi connectivity index (χ1) is 13.0. The molecule has 148 valence electrons. The average molecular weight is 393 g/mol. The molecule has 0 aliphatic rings. The Hall–Kier alpha value is -2.03. The van der Waals surface area contributed by atoms with Crippen LogP contribution in [-0.2, 0) is 11.3 Å². The van der Waals surface area contributed by atoms with Gasteiger partial charge in [0.2, 0.25) is 11.0 Å². The smallest absolute Gasteiger partial charge is 0.220 e. The minimum absolute atomic E-state index is 0.0356. The molecule has 0 radical (unpaired) electrons. The minimum Gasteiger partial charge on any atom is -0.493 e. The summed E-state index contributed by atoms with van der Waals surface area (Å²) in [7, 11) is 1.63. The Labute approximate surface area is 166 Å². The molecular formula is C19H30N5O2S+. The summed E-state index contributed by atoms with van der Waals surface area (Å²) in [4.78, 5) is 1.48. The van der Waals surface area contributed by atoms with Gasteiger partial charge in [0.05, 0.1) is 38.3 Å². The molecule has 27 heavy (non-hydrogen) atoms. The van der Waals surface area contributed by atoms with Crippen LogP contribution in [0.4, 0.5) is 5.69 Å². The summed E-state index contributed by atoms with van der Waals surface area (Å²) in [6.07, 6.45) is 0. The summed E-state index contributed by atoms with van der Waals surface area (Å²) >= 11 is 5.21. The number of thiocarbonyl (C=S) groups is 1. The van der Waals surface area contributed by atoms with Crippen LogP contribution in [0.1, 0.15) is 20.8 Å². The molecule has 1 atom stereocenters. The highest BCUT2D eigenvalue weighted by atomic mass is 32.1. The summed E-state index contributed by atoms with van der Waals surface area (Å²) in [5, 5.41) is 23.2. The molecule has 8 heteroatoms. The summed E-state index contributed by atoms with van der Waals surface area (Å²) in [5.74, 6) is 0.124. The number of benzene rings is 1. The van der Waals surface area contributed by atoms with E-state index in [1.165, 1.54) is 4.90 Å². The van der Waals surface area contributed by atoms with Gasteiger partial charge in [-0.15, -0.1) is 10.2 Å². The molecule has 2 rings (SSSR count). The molecule has 0 saturated heterocycles. The average Bonchev–Trinajstić information content (AvgIpc) is 2.92. The van der Waals surface area contributed by atoms with Crippen molar-refractivity contribution in [1.29, 1.82) is 0 Å². The van der Waals surface area contributed by atoms with Gasteiger partial charge in [-0.25, -0.2) is 0 Å². The molecule has 1 aromatic heterocycles. The lowest BCUT2D eigenvalue weighted by Gasteiger charge is -2.16. The third kappa shape index (κ3) is 5.47. The Bertz CT molecular complexity index is 786. The number of nitrogens with one attached hydrogen (secondary N) is 2. The van der Waals surface area contributed by atoms with Crippen LogP contribution in [0.3, 0.4) is 0 Å². The van der Waals surface area contributed by atoms with Gasteiger partial charge in [-0.2, -0.15) is 0 Å². The zero-order valence-electron chi connectivity index (χ0n) is 16.5. The first kappa shape index (κ1) is 21.3. The first-order valence-corrected chi connectivity index (χ1v) is 9.77. The van der Waals surface area contributed by atoms with Crippen molar-refractivity contribution >= 4 is 33.9 Å². The molecule has 3 N–H and O–H groups in total. The van der Waals surface area contributed by atoms with Crippen molar-refractivity contribution in [3.63, 3.8) is 0 Å². The van der Waals surface area contributed by atoms with E-state index in [0.717, 1.165) is 30.5 Å². The van der Waals surface area contributed by atoms with Crippen LogP contribution in [0, 0.1) is 0 Å². The predicted molar refractivity (Wildman–Crippen MR) is 112 cm³/mol. The molecule has 1 aromatic carbocycles. The molecule has 0 unspecified atom stereocenters. The lowest BCUT2D eigenvalue weighted by atomic mass is 10.2. The van der Waals surface area contributed by atoms with Crippen molar-refractivity contribution in [2.75, 3.05) is 33.4 Å². The number of azo groups is 1. The summed E-state index contributed by atoms with van der Waals surface area (Å²) in [6, 6.07) is 7.85. The SMILES string of the molecule is CC[NH+](CC)CCn1c(O)c(N=NC(=S)N[C@@H](C)COC)c2ccccc21. The zero-order chi connectivity index (χ0) is 19.8. The second-order valence-corrected chi connectivity index (χ2v) is 6.94. The Kier molecular flexibility index (Phi) is 8.15. The van der Waals surface area contributed by atoms with Gasteiger partial charge in [-0.3, -0.25) is 0 Å². The van der Waals surface area contributed by atoms with Gasteiger partial charge >= 0.3 is 0 Å². The van der Waals surface area contributed by atoms with Crippen LogP contribution in [0.15, 0.2) is 34.5 Å².